The molecule has 0 saturated heterocycles. The number of carbonyl (C=O) groups is 4. The maximum absolute atomic E-state index is 11.8. The van der Waals surface area contributed by atoms with Crippen molar-refractivity contribution in [3.8, 4) is 0 Å². The van der Waals surface area contributed by atoms with E-state index in [2.05, 4.69) is 5.32 Å². The van der Waals surface area contributed by atoms with Gasteiger partial charge in [0.1, 0.15) is 12.3 Å². The average molecular weight is 286 g/mol. The van der Waals surface area contributed by atoms with E-state index in [1.807, 2.05) is 6.92 Å². The van der Waals surface area contributed by atoms with Crippen LogP contribution in [0.15, 0.2) is 0 Å². The number of carboxylic acid groups (broad SMARTS) is 1. The summed E-state index contributed by atoms with van der Waals surface area (Å²) in [4.78, 5) is 45.7. The van der Waals surface area contributed by atoms with Gasteiger partial charge in [-0.1, -0.05) is 13.3 Å². The Balaban J connectivity index is 4.15. The van der Waals surface area contributed by atoms with Crippen molar-refractivity contribution in [3.63, 3.8) is 0 Å². The Morgan fingerprint density at radius 2 is 1.75 bits per heavy atom. The van der Waals surface area contributed by atoms with Crippen molar-refractivity contribution >= 4 is 23.6 Å². The molecular weight excluding hydrogens is 264 g/mol. The van der Waals surface area contributed by atoms with Gasteiger partial charge >= 0.3 is 5.97 Å². The molecule has 2 N–H and O–H groups in total. The van der Waals surface area contributed by atoms with E-state index < -0.39 is 18.4 Å². The van der Waals surface area contributed by atoms with E-state index in [4.69, 9.17) is 5.11 Å². The minimum Gasteiger partial charge on any atom is -0.480 e. The number of aliphatic carboxylic acids is 1. The first-order chi connectivity index (χ1) is 9.36. The second-order valence-corrected chi connectivity index (χ2v) is 4.55. The zero-order valence-electron chi connectivity index (χ0n) is 12.0. The van der Waals surface area contributed by atoms with E-state index in [9.17, 15) is 19.2 Å². The molecule has 7 heteroatoms. The molecule has 0 aromatic carbocycles. The van der Waals surface area contributed by atoms with E-state index in [1.165, 1.54) is 6.92 Å². The van der Waals surface area contributed by atoms with Gasteiger partial charge in [0, 0.05) is 19.4 Å². The van der Waals surface area contributed by atoms with Gasteiger partial charge in [0.05, 0.1) is 6.54 Å². The molecule has 0 saturated carbocycles. The summed E-state index contributed by atoms with van der Waals surface area (Å²) in [6.45, 7) is 2.67. The fourth-order valence-corrected chi connectivity index (χ4v) is 1.56. The smallest absolute Gasteiger partial charge is 0.323 e. The molecule has 0 radical (unpaired) electrons. The van der Waals surface area contributed by atoms with Crippen LogP contribution in [0, 0.1) is 0 Å². The molecule has 0 bridgehead atoms. The minimum absolute atomic E-state index is 0.0155. The highest BCUT2D eigenvalue weighted by molar-refractivity contribution is 5.87. The van der Waals surface area contributed by atoms with Crippen molar-refractivity contribution < 1.29 is 24.3 Å². The predicted octanol–water partition coefficient (Wildman–Crippen LogP) is 0.185. The molecule has 0 spiro atoms. The molecule has 0 aliphatic heterocycles. The van der Waals surface area contributed by atoms with E-state index in [0.29, 0.717) is 6.42 Å². The Hall–Kier alpha value is -1.92. The molecule has 0 fully saturated rings. The molecule has 0 heterocycles. The summed E-state index contributed by atoms with van der Waals surface area (Å²) in [6.07, 6.45) is 2.10. The summed E-state index contributed by atoms with van der Waals surface area (Å²) in [5.74, 6) is -2.05. The molecule has 0 unspecified atom stereocenters. The normalized spacial score (nSPS) is 9.90. The maximum Gasteiger partial charge on any atom is 0.323 e. The number of amides is 2. The van der Waals surface area contributed by atoms with Crippen molar-refractivity contribution in [2.75, 3.05) is 19.6 Å². The van der Waals surface area contributed by atoms with Gasteiger partial charge in [-0.2, -0.15) is 0 Å². The Labute approximate surface area is 118 Å². The zero-order valence-corrected chi connectivity index (χ0v) is 12.0. The predicted molar refractivity (Wildman–Crippen MR) is 72.0 cm³/mol. The van der Waals surface area contributed by atoms with Gasteiger partial charge in [0.15, 0.2) is 0 Å². The Bertz CT molecular complexity index is 352. The number of rotatable bonds is 10. The Morgan fingerprint density at radius 3 is 2.25 bits per heavy atom. The number of nitrogens with one attached hydrogen (secondary N) is 1. The van der Waals surface area contributed by atoms with Crippen LogP contribution >= 0.6 is 0 Å². The molecule has 0 aliphatic carbocycles. The monoisotopic (exact) mass is 286 g/mol. The summed E-state index contributed by atoms with van der Waals surface area (Å²) < 4.78 is 0. The fourth-order valence-electron chi connectivity index (χ4n) is 1.56. The fraction of sp³-hybridized carbons (Fsp3) is 0.692. The van der Waals surface area contributed by atoms with Crippen LogP contribution < -0.4 is 5.32 Å². The van der Waals surface area contributed by atoms with Gasteiger partial charge in [-0.05, 0) is 13.3 Å². The van der Waals surface area contributed by atoms with Crippen molar-refractivity contribution in [3.05, 3.63) is 0 Å². The largest absolute Gasteiger partial charge is 0.480 e. The van der Waals surface area contributed by atoms with Crippen LogP contribution in [0.3, 0.4) is 0 Å². The van der Waals surface area contributed by atoms with Gasteiger partial charge in [-0.25, -0.2) is 0 Å². The summed E-state index contributed by atoms with van der Waals surface area (Å²) in [5, 5.41) is 11.3. The van der Waals surface area contributed by atoms with Crippen molar-refractivity contribution in [1.82, 2.24) is 10.2 Å². The third-order valence-corrected chi connectivity index (χ3v) is 2.51. The topological polar surface area (TPSA) is 104 Å². The van der Waals surface area contributed by atoms with Crippen LogP contribution in [0.5, 0.6) is 0 Å². The molecule has 0 atom stereocenters. The first-order valence-electron chi connectivity index (χ1n) is 6.62. The molecule has 2 amide bonds. The molecule has 0 rings (SSSR count). The van der Waals surface area contributed by atoms with E-state index >= 15 is 0 Å². The number of carboxylic acids is 1. The molecule has 0 aromatic heterocycles. The number of carbonyl (C=O) groups excluding carboxylic acids is 3. The van der Waals surface area contributed by atoms with E-state index in [-0.39, 0.29) is 31.2 Å². The molecule has 20 heavy (non-hydrogen) atoms. The molecule has 0 aliphatic rings. The van der Waals surface area contributed by atoms with E-state index in [1.54, 1.807) is 0 Å². The number of nitrogens with zero attached hydrogens (tertiary/aromatic N) is 1. The van der Waals surface area contributed by atoms with Gasteiger partial charge in [0.25, 0.3) is 0 Å². The molecule has 114 valence electrons. The highest BCUT2D eigenvalue weighted by atomic mass is 16.4. The number of hydrogen-bond donors (Lipinski definition) is 2. The first kappa shape index (κ1) is 18.1. The lowest BCUT2D eigenvalue weighted by atomic mass is 10.2. The Kier molecular flexibility index (Phi) is 8.98. The molecule has 0 aromatic rings. The lowest BCUT2D eigenvalue weighted by Crippen LogP contribution is -2.40. The van der Waals surface area contributed by atoms with Crippen molar-refractivity contribution in [2.24, 2.45) is 0 Å². The lowest BCUT2D eigenvalue weighted by Gasteiger charge is -2.19. The standard InChI is InChI=1S/C13H22N2O5/c1-3-4-5-11(17)14-7-6-12(18)15(8-10(2)16)9-13(19)20/h3-9H2,1-2H3,(H,14,17)(H,19,20). The summed E-state index contributed by atoms with van der Waals surface area (Å²) in [6, 6.07) is 0. The average Bonchev–Trinajstić information content (AvgIpc) is 2.34. The lowest BCUT2D eigenvalue weighted by molar-refractivity contribution is -0.145. The SMILES string of the molecule is CCCCC(=O)NCCC(=O)N(CC(C)=O)CC(=O)O. The number of unbranched alkanes of at least 4 members (excludes halogenated alkanes) is 1. The highest BCUT2D eigenvalue weighted by Gasteiger charge is 2.18. The quantitative estimate of drug-likeness (QED) is 0.596. The third-order valence-electron chi connectivity index (χ3n) is 2.51. The van der Waals surface area contributed by atoms with Crippen LogP contribution in [0.25, 0.3) is 0 Å². The maximum atomic E-state index is 11.8. The van der Waals surface area contributed by atoms with Gasteiger partial charge in [-0.15, -0.1) is 0 Å². The Morgan fingerprint density at radius 1 is 1.10 bits per heavy atom. The summed E-state index contributed by atoms with van der Waals surface area (Å²) >= 11 is 0. The van der Waals surface area contributed by atoms with Gasteiger partial charge in [-0.3, -0.25) is 19.2 Å². The molecule has 7 nitrogen and oxygen atoms in total. The zero-order chi connectivity index (χ0) is 15.5. The van der Waals surface area contributed by atoms with Crippen LogP contribution in [0.4, 0.5) is 0 Å². The van der Waals surface area contributed by atoms with Crippen LogP contribution in [-0.2, 0) is 19.2 Å². The highest BCUT2D eigenvalue weighted by Crippen LogP contribution is 1.96. The van der Waals surface area contributed by atoms with Crippen LogP contribution in [-0.4, -0.2) is 53.2 Å². The van der Waals surface area contributed by atoms with Gasteiger partial charge < -0.3 is 15.3 Å². The van der Waals surface area contributed by atoms with Crippen molar-refractivity contribution in [1.29, 1.82) is 0 Å². The number of Topliss-reactive ketones (excluding diaryl/α,β-unsaturated/α-hetero) is 1. The van der Waals surface area contributed by atoms with Crippen molar-refractivity contribution in [2.45, 2.75) is 39.5 Å². The van der Waals surface area contributed by atoms with Crippen LogP contribution in [0.2, 0.25) is 0 Å². The van der Waals surface area contributed by atoms with E-state index in [0.717, 1.165) is 17.7 Å². The van der Waals surface area contributed by atoms with Gasteiger partial charge in [0.2, 0.25) is 11.8 Å². The molecular formula is C13H22N2O5. The number of hydrogen-bond acceptors (Lipinski definition) is 4. The van der Waals surface area contributed by atoms with Crippen LogP contribution in [0.1, 0.15) is 39.5 Å². The first-order valence-corrected chi connectivity index (χ1v) is 6.62. The minimum atomic E-state index is -1.17. The third kappa shape index (κ3) is 9.07. The number of ketones is 1. The summed E-state index contributed by atoms with van der Waals surface area (Å²) in [5.41, 5.74) is 0. The second kappa shape index (κ2) is 9.94. The summed E-state index contributed by atoms with van der Waals surface area (Å²) in [7, 11) is 0. The second-order valence-electron chi connectivity index (χ2n) is 4.55.